The first-order chi connectivity index (χ1) is 13.6. The highest BCUT2D eigenvalue weighted by molar-refractivity contribution is 5.84. The van der Waals surface area contributed by atoms with Gasteiger partial charge in [0.05, 0.1) is 0 Å². The van der Waals surface area contributed by atoms with Crippen molar-refractivity contribution in [3.8, 4) is 5.75 Å². The molecular weight excluding hydrogens is 354 g/mol. The highest BCUT2D eigenvalue weighted by Gasteiger charge is 2.19. The number of fused-ring (bicyclic) bond motifs is 1. The standard InChI is InChI=1S/C22H25N3O3/c1-16-20(26)3-2-19-18(14-21(27)28-22(16)19)15-25-12-10-24(11-13-25)9-6-17-4-7-23-8-5-17/h2-5,7-8,14,26H,6,9-13,15H2,1H3. The molecule has 1 aliphatic rings. The zero-order valence-corrected chi connectivity index (χ0v) is 16.1. The number of phenolic OH excluding ortho intramolecular Hbond substituents is 1. The number of rotatable bonds is 5. The maximum absolute atomic E-state index is 12.0. The molecule has 1 aliphatic heterocycles. The van der Waals surface area contributed by atoms with Crippen molar-refractivity contribution in [2.45, 2.75) is 19.9 Å². The smallest absolute Gasteiger partial charge is 0.336 e. The molecule has 0 spiro atoms. The number of aromatic hydroxyl groups is 1. The van der Waals surface area contributed by atoms with E-state index in [1.54, 1.807) is 19.1 Å². The van der Waals surface area contributed by atoms with Crippen molar-refractivity contribution in [2.75, 3.05) is 32.7 Å². The zero-order chi connectivity index (χ0) is 19.5. The van der Waals surface area contributed by atoms with E-state index in [1.165, 1.54) is 5.56 Å². The minimum absolute atomic E-state index is 0.149. The molecule has 6 heteroatoms. The summed E-state index contributed by atoms with van der Waals surface area (Å²) in [4.78, 5) is 20.9. The van der Waals surface area contributed by atoms with Gasteiger partial charge in [0, 0.05) is 68.7 Å². The van der Waals surface area contributed by atoms with Gasteiger partial charge >= 0.3 is 5.63 Å². The molecule has 6 nitrogen and oxygen atoms in total. The Bertz CT molecular complexity index is 1010. The topological polar surface area (TPSA) is 69.8 Å². The van der Waals surface area contributed by atoms with Crippen LogP contribution in [0.15, 0.2) is 51.9 Å². The fourth-order valence-electron chi connectivity index (χ4n) is 3.80. The zero-order valence-electron chi connectivity index (χ0n) is 16.1. The molecule has 0 aliphatic carbocycles. The number of pyridine rings is 1. The number of hydrogen-bond acceptors (Lipinski definition) is 6. The van der Waals surface area contributed by atoms with E-state index in [2.05, 4.69) is 26.9 Å². The van der Waals surface area contributed by atoms with Gasteiger partial charge in [-0.1, -0.05) is 0 Å². The van der Waals surface area contributed by atoms with Crippen LogP contribution in [-0.2, 0) is 13.0 Å². The van der Waals surface area contributed by atoms with Crippen molar-refractivity contribution in [2.24, 2.45) is 0 Å². The van der Waals surface area contributed by atoms with Crippen molar-refractivity contribution in [1.29, 1.82) is 0 Å². The Hall–Kier alpha value is -2.70. The summed E-state index contributed by atoms with van der Waals surface area (Å²) in [6.07, 6.45) is 4.72. The van der Waals surface area contributed by atoms with Gasteiger partial charge < -0.3 is 14.4 Å². The van der Waals surface area contributed by atoms with Crippen molar-refractivity contribution in [3.63, 3.8) is 0 Å². The summed E-state index contributed by atoms with van der Waals surface area (Å²) in [5.41, 5.74) is 3.00. The van der Waals surface area contributed by atoms with Crippen LogP contribution in [0, 0.1) is 6.92 Å². The molecule has 0 saturated carbocycles. The van der Waals surface area contributed by atoms with Crippen LogP contribution in [-0.4, -0.2) is 52.6 Å². The third-order valence-electron chi connectivity index (χ3n) is 5.54. The van der Waals surface area contributed by atoms with Crippen LogP contribution in [0.25, 0.3) is 11.0 Å². The molecule has 2 aromatic heterocycles. The molecule has 28 heavy (non-hydrogen) atoms. The number of phenols is 1. The number of aromatic nitrogens is 1. The van der Waals surface area contributed by atoms with Crippen molar-refractivity contribution >= 4 is 11.0 Å². The second kappa shape index (κ2) is 8.12. The number of aryl methyl sites for hydroxylation is 1. The molecule has 4 rings (SSSR count). The van der Waals surface area contributed by atoms with Crippen molar-refractivity contribution in [3.05, 3.63) is 69.8 Å². The summed E-state index contributed by atoms with van der Waals surface area (Å²) in [6, 6.07) is 9.22. The lowest BCUT2D eigenvalue weighted by Crippen LogP contribution is -2.46. The predicted octanol–water partition coefficient (Wildman–Crippen LogP) is 2.56. The average Bonchev–Trinajstić information content (AvgIpc) is 2.71. The van der Waals surface area contributed by atoms with Gasteiger partial charge in [-0.05, 0) is 48.7 Å². The van der Waals surface area contributed by atoms with Gasteiger partial charge in [-0.25, -0.2) is 4.79 Å². The summed E-state index contributed by atoms with van der Waals surface area (Å²) in [5, 5.41) is 10.8. The molecule has 0 amide bonds. The van der Waals surface area contributed by atoms with Crippen LogP contribution in [0.4, 0.5) is 0 Å². The maximum atomic E-state index is 12.0. The van der Waals surface area contributed by atoms with E-state index >= 15 is 0 Å². The monoisotopic (exact) mass is 379 g/mol. The lowest BCUT2D eigenvalue weighted by atomic mass is 10.1. The third-order valence-corrected chi connectivity index (χ3v) is 5.54. The fraction of sp³-hybridized carbons (Fsp3) is 0.364. The maximum Gasteiger partial charge on any atom is 0.336 e. The fourth-order valence-corrected chi connectivity index (χ4v) is 3.80. The Morgan fingerprint density at radius 1 is 1.07 bits per heavy atom. The van der Waals surface area contributed by atoms with Crippen LogP contribution in [0.3, 0.4) is 0 Å². The van der Waals surface area contributed by atoms with E-state index in [4.69, 9.17) is 4.42 Å². The lowest BCUT2D eigenvalue weighted by Gasteiger charge is -2.34. The minimum Gasteiger partial charge on any atom is -0.508 e. The van der Waals surface area contributed by atoms with Gasteiger partial charge in [0.15, 0.2) is 0 Å². The highest BCUT2D eigenvalue weighted by atomic mass is 16.4. The summed E-state index contributed by atoms with van der Waals surface area (Å²) >= 11 is 0. The van der Waals surface area contributed by atoms with Gasteiger partial charge in [0.2, 0.25) is 0 Å². The highest BCUT2D eigenvalue weighted by Crippen LogP contribution is 2.28. The summed E-state index contributed by atoms with van der Waals surface area (Å²) in [7, 11) is 0. The molecule has 0 bridgehead atoms. The van der Waals surface area contributed by atoms with E-state index in [-0.39, 0.29) is 11.4 Å². The first kappa shape index (κ1) is 18.7. The third kappa shape index (κ3) is 4.08. The molecule has 146 valence electrons. The normalized spacial score (nSPS) is 15.9. The SMILES string of the molecule is Cc1c(O)ccc2c(CN3CCN(CCc4ccncc4)CC3)cc(=O)oc12. The average molecular weight is 379 g/mol. The van der Waals surface area contributed by atoms with Gasteiger partial charge in [-0.3, -0.25) is 9.88 Å². The van der Waals surface area contributed by atoms with Gasteiger partial charge in [-0.15, -0.1) is 0 Å². The molecular formula is C22H25N3O3. The van der Waals surface area contributed by atoms with E-state index in [9.17, 15) is 9.90 Å². The van der Waals surface area contributed by atoms with Crippen LogP contribution in [0.5, 0.6) is 5.75 Å². The van der Waals surface area contributed by atoms with E-state index < -0.39 is 0 Å². The first-order valence-electron chi connectivity index (χ1n) is 9.69. The predicted molar refractivity (Wildman–Crippen MR) is 109 cm³/mol. The largest absolute Gasteiger partial charge is 0.508 e. The number of nitrogens with zero attached hydrogens (tertiary/aromatic N) is 3. The first-order valence-corrected chi connectivity index (χ1v) is 9.69. The molecule has 0 unspecified atom stereocenters. The molecule has 0 atom stereocenters. The van der Waals surface area contributed by atoms with E-state index in [1.807, 2.05) is 18.5 Å². The number of hydrogen-bond donors (Lipinski definition) is 1. The minimum atomic E-state index is -0.368. The second-order valence-corrected chi connectivity index (χ2v) is 7.40. The van der Waals surface area contributed by atoms with E-state index in [0.29, 0.717) is 17.7 Å². The molecule has 0 radical (unpaired) electrons. The van der Waals surface area contributed by atoms with Crippen molar-refractivity contribution in [1.82, 2.24) is 14.8 Å². The quantitative estimate of drug-likeness (QED) is 0.687. The Morgan fingerprint density at radius 3 is 2.54 bits per heavy atom. The van der Waals surface area contributed by atoms with Gasteiger partial charge in [0.1, 0.15) is 11.3 Å². The van der Waals surface area contributed by atoms with Crippen LogP contribution in [0.1, 0.15) is 16.7 Å². The lowest BCUT2D eigenvalue weighted by molar-refractivity contribution is 0.128. The summed E-state index contributed by atoms with van der Waals surface area (Å²) < 4.78 is 5.35. The van der Waals surface area contributed by atoms with Crippen molar-refractivity contribution < 1.29 is 9.52 Å². The van der Waals surface area contributed by atoms with Crippen LogP contribution >= 0.6 is 0 Å². The Labute approximate surface area is 164 Å². The van der Waals surface area contributed by atoms with Crippen LogP contribution in [0.2, 0.25) is 0 Å². The van der Waals surface area contributed by atoms with Gasteiger partial charge in [-0.2, -0.15) is 0 Å². The summed E-state index contributed by atoms with van der Waals surface area (Å²) in [6.45, 7) is 7.50. The molecule has 3 aromatic rings. The second-order valence-electron chi connectivity index (χ2n) is 7.40. The molecule has 1 N–H and O–H groups in total. The summed E-state index contributed by atoms with van der Waals surface area (Å²) in [5.74, 6) is 0.149. The van der Waals surface area contributed by atoms with Gasteiger partial charge in [0.25, 0.3) is 0 Å². The van der Waals surface area contributed by atoms with Crippen LogP contribution < -0.4 is 5.63 Å². The molecule has 1 fully saturated rings. The Kier molecular flexibility index (Phi) is 5.41. The van der Waals surface area contributed by atoms with E-state index in [0.717, 1.165) is 50.1 Å². The Morgan fingerprint density at radius 2 is 1.79 bits per heavy atom. The molecule has 1 saturated heterocycles. The number of benzene rings is 1. The number of piperazine rings is 1. The molecule has 1 aromatic carbocycles. The Balaban J connectivity index is 1.40. The molecule has 3 heterocycles.